The van der Waals surface area contributed by atoms with E-state index in [1.807, 2.05) is 0 Å². The summed E-state index contributed by atoms with van der Waals surface area (Å²) in [6.07, 6.45) is 1.68. The summed E-state index contributed by atoms with van der Waals surface area (Å²) in [7, 11) is 0. The number of nitrogens with zero attached hydrogens (tertiary/aromatic N) is 2. The van der Waals surface area contributed by atoms with Gasteiger partial charge in [0.05, 0.1) is 18.8 Å². The fourth-order valence-corrected chi connectivity index (χ4v) is 3.02. The first-order valence-corrected chi connectivity index (χ1v) is 8.26. The third-order valence-electron chi connectivity index (χ3n) is 4.54. The number of carbonyl (C=O) groups excluding carboxylic acids is 1. The Kier molecular flexibility index (Phi) is 3.84. The maximum Gasteiger partial charge on any atom is 0.291 e. The van der Waals surface area contributed by atoms with Crippen LogP contribution in [0.4, 0.5) is 4.39 Å². The van der Waals surface area contributed by atoms with Gasteiger partial charge in [0.15, 0.2) is 5.89 Å². The molecule has 2 aliphatic rings. The number of amides is 1. The van der Waals surface area contributed by atoms with Crippen LogP contribution in [0.1, 0.15) is 52.6 Å². The summed E-state index contributed by atoms with van der Waals surface area (Å²) in [5.41, 5.74) is 1.10. The molecule has 0 bridgehead atoms. The van der Waals surface area contributed by atoms with Crippen LogP contribution in [0.2, 0.25) is 0 Å². The van der Waals surface area contributed by atoms with Gasteiger partial charge in [-0.2, -0.15) is 0 Å². The maximum atomic E-state index is 14.0. The fourth-order valence-electron chi connectivity index (χ4n) is 3.02. The minimum Gasteiger partial charge on any atom is -0.435 e. The van der Waals surface area contributed by atoms with Gasteiger partial charge in [0.1, 0.15) is 11.9 Å². The first-order valence-electron chi connectivity index (χ1n) is 8.26. The Labute approximate surface area is 139 Å². The molecule has 1 amide bonds. The van der Waals surface area contributed by atoms with Crippen LogP contribution >= 0.6 is 0 Å². The van der Waals surface area contributed by atoms with Crippen molar-refractivity contribution < 1.29 is 18.3 Å². The lowest BCUT2D eigenvalue weighted by molar-refractivity contribution is -0.0253. The van der Waals surface area contributed by atoms with Gasteiger partial charge in [-0.3, -0.25) is 4.79 Å². The zero-order chi connectivity index (χ0) is 16.7. The van der Waals surface area contributed by atoms with Crippen molar-refractivity contribution in [3.05, 3.63) is 53.0 Å². The standard InChI is InChI=1S/C18H19FN2O3/c1-11-16(24-17(20-11)12-6-7-12)18(22)21-8-9-23-15(10-21)13-4-2-3-5-14(13)19/h2-5,12,15H,6-10H2,1H3/t15-/m0/s1. The first kappa shape index (κ1) is 15.3. The second-order valence-corrected chi connectivity index (χ2v) is 6.37. The number of benzene rings is 1. The van der Waals surface area contributed by atoms with E-state index in [4.69, 9.17) is 9.15 Å². The molecule has 5 nitrogen and oxygen atoms in total. The molecule has 1 saturated heterocycles. The van der Waals surface area contributed by atoms with Crippen LogP contribution in [0.5, 0.6) is 0 Å². The van der Waals surface area contributed by atoms with E-state index in [0.29, 0.717) is 48.5 Å². The topological polar surface area (TPSA) is 55.6 Å². The van der Waals surface area contributed by atoms with Gasteiger partial charge in [-0.05, 0) is 25.8 Å². The molecular weight excluding hydrogens is 311 g/mol. The van der Waals surface area contributed by atoms with Crippen molar-refractivity contribution >= 4 is 5.91 Å². The summed E-state index contributed by atoms with van der Waals surface area (Å²) in [6, 6.07) is 6.51. The molecule has 6 heteroatoms. The Hall–Kier alpha value is -2.21. The normalized spacial score (nSPS) is 21.1. The molecule has 2 aromatic rings. The van der Waals surface area contributed by atoms with Crippen molar-refractivity contribution in [2.75, 3.05) is 19.7 Å². The molecule has 4 rings (SSSR count). The monoisotopic (exact) mass is 330 g/mol. The van der Waals surface area contributed by atoms with Crippen LogP contribution in [-0.2, 0) is 4.74 Å². The zero-order valence-electron chi connectivity index (χ0n) is 13.5. The lowest BCUT2D eigenvalue weighted by Crippen LogP contribution is -2.42. The van der Waals surface area contributed by atoms with Gasteiger partial charge in [0.25, 0.3) is 5.91 Å². The Morgan fingerprint density at radius 1 is 1.33 bits per heavy atom. The number of rotatable bonds is 3. The highest BCUT2D eigenvalue weighted by Gasteiger charge is 2.34. The van der Waals surface area contributed by atoms with Crippen LogP contribution in [0.3, 0.4) is 0 Å². The molecule has 24 heavy (non-hydrogen) atoms. The molecular formula is C18H19FN2O3. The van der Waals surface area contributed by atoms with Crippen LogP contribution < -0.4 is 0 Å². The van der Waals surface area contributed by atoms with E-state index in [9.17, 15) is 9.18 Å². The van der Waals surface area contributed by atoms with Crippen LogP contribution in [0.25, 0.3) is 0 Å². The highest BCUT2D eigenvalue weighted by atomic mass is 19.1. The predicted octanol–water partition coefficient (Wildman–Crippen LogP) is 3.21. The number of aryl methyl sites for hydroxylation is 1. The van der Waals surface area contributed by atoms with Crippen molar-refractivity contribution in [3.8, 4) is 0 Å². The highest BCUT2D eigenvalue weighted by Crippen LogP contribution is 2.40. The molecule has 126 valence electrons. The lowest BCUT2D eigenvalue weighted by atomic mass is 10.1. The Balaban J connectivity index is 1.53. The van der Waals surface area contributed by atoms with E-state index in [1.165, 1.54) is 6.07 Å². The number of halogens is 1. The van der Waals surface area contributed by atoms with Crippen molar-refractivity contribution in [2.24, 2.45) is 0 Å². The Morgan fingerprint density at radius 3 is 2.88 bits per heavy atom. The zero-order valence-corrected chi connectivity index (χ0v) is 13.5. The second kappa shape index (κ2) is 6.02. The smallest absolute Gasteiger partial charge is 0.291 e. The van der Waals surface area contributed by atoms with Gasteiger partial charge in [0.2, 0.25) is 5.76 Å². The summed E-state index contributed by atoms with van der Waals surface area (Å²) in [6.45, 7) is 2.92. The molecule has 1 saturated carbocycles. The van der Waals surface area contributed by atoms with E-state index < -0.39 is 6.10 Å². The van der Waals surface area contributed by atoms with Gasteiger partial charge >= 0.3 is 0 Å². The number of hydrogen-bond acceptors (Lipinski definition) is 4. The predicted molar refractivity (Wildman–Crippen MR) is 84.2 cm³/mol. The molecule has 2 fully saturated rings. The van der Waals surface area contributed by atoms with Crippen molar-refractivity contribution in [1.82, 2.24) is 9.88 Å². The van der Waals surface area contributed by atoms with Gasteiger partial charge < -0.3 is 14.1 Å². The van der Waals surface area contributed by atoms with Gasteiger partial charge in [-0.1, -0.05) is 18.2 Å². The molecule has 1 atom stereocenters. The molecule has 0 N–H and O–H groups in total. The van der Waals surface area contributed by atoms with Crippen LogP contribution in [-0.4, -0.2) is 35.5 Å². The van der Waals surface area contributed by atoms with Crippen LogP contribution in [0, 0.1) is 12.7 Å². The molecule has 1 aromatic heterocycles. The highest BCUT2D eigenvalue weighted by molar-refractivity contribution is 5.92. The largest absolute Gasteiger partial charge is 0.435 e. The second-order valence-electron chi connectivity index (χ2n) is 6.37. The third-order valence-corrected chi connectivity index (χ3v) is 4.54. The van der Waals surface area contributed by atoms with E-state index in [1.54, 1.807) is 30.0 Å². The number of oxazole rings is 1. The lowest BCUT2D eigenvalue weighted by Gasteiger charge is -2.32. The molecule has 1 aliphatic heterocycles. The summed E-state index contributed by atoms with van der Waals surface area (Å²) in [5.74, 6) is 0.808. The first-order chi connectivity index (χ1) is 11.6. The number of ether oxygens (including phenoxy) is 1. The molecule has 0 unspecified atom stereocenters. The average Bonchev–Trinajstić information content (AvgIpc) is 3.37. The van der Waals surface area contributed by atoms with Crippen molar-refractivity contribution in [3.63, 3.8) is 0 Å². The Morgan fingerprint density at radius 2 is 2.12 bits per heavy atom. The van der Waals surface area contributed by atoms with Crippen molar-refractivity contribution in [2.45, 2.75) is 31.8 Å². The number of hydrogen-bond donors (Lipinski definition) is 0. The number of carbonyl (C=O) groups is 1. The van der Waals surface area contributed by atoms with Crippen LogP contribution in [0.15, 0.2) is 28.7 Å². The quantitative estimate of drug-likeness (QED) is 0.867. The van der Waals surface area contributed by atoms with E-state index in [2.05, 4.69) is 4.98 Å². The molecule has 2 heterocycles. The Bertz CT molecular complexity index is 769. The molecule has 0 radical (unpaired) electrons. The minimum absolute atomic E-state index is 0.198. The fraction of sp³-hybridized carbons (Fsp3) is 0.444. The molecule has 1 aliphatic carbocycles. The van der Waals surface area contributed by atoms with Gasteiger partial charge in [0, 0.05) is 18.0 Å². The average molecular weight is 330 g/mol. The summed E-state index contributed by atoms with van der Waals surface area (Å²) in [5, 5.41) is 0. The number of morpholine rings is 1. The van der Waals surface area contributed by atoms with E-state index >= 15 is 0 Å². The van der Waals surface area contributed by atoms with Gasteiger partial charge in [-0.25, -0.2) is 9.37 Å². The minimum atomic E-state index is -0.463. The molecule has 0 spiro atoms. The molecule has 1 aromatic carbocycles. The third kappa shape index (κ3) is 2.82. The summed E-state index contributed by atoms with van der Waals surface area (Å²) < 4.78 is 25.3. The maximum absolute atomic E-state index is 14.0. The van der Waals surface area contributed by atoms with E-state index in [-0.39, 0.29) is 11.7 Å². The summed E-state index contributed by atoms with van der Waals surface area (Å²) >= 11 is 0. The number of aromatic nitrogens is 1. The summed E-state index contributed by atoms with van der Waals surface area (Å²) in [4.78, 5) is 18.8. The van der Waals surface area contributed by atoms with Gasteiger partial charge in [-0.15, -0.1) is 0 Å². The SMILES string of the molecule is Cc1nc(C2CC2)oc1C(=O)N1CCO[C@H](c2ccccc2F)C1. The van der Waals surface area contributed by atoms with Crippen molar-refractivity contribution in [1.29, 1.82) is 0 Å². The van der Waals surface area contributed by atoms with E-state index in [0.717, 1.165) is 12.8 Å².